The third kappa shape index (κ3) is 3.54. The Kier molecular flexibility index (Phi) is 4.24. The Labute approximate surface area is 140 Å². The van der Waals surface area contributed by atoms with Crippen LogP contribution >= 0.6 is 0 Å². The Morgan fingerprint density at radius 1 is 1.21 bits per heavy atom. The minimum Gasteiger partial charge on any atom is -0.444 e. The summed E-state index contributed by atoms with van der Waals surface area (Å²) in [5, 5.41) is 0.603. The first kappa shape index (κ1) is 16.4. The summed E-state index contributed by atoms with van der Waals surface area (Å²) in [5.41, 5.74) is 0.528. The first-order chi connectivity index (χ1) is 11.3. The van der Waals surface area contributed by atoms with Gasteiger partial charge in [0.1, 0.15) is 11.6 Å². The molecule has 0 atom stereocenters. The van der Waals surface area contributed by atoms with Gasteiger partial charge in [-0.3, -0.25) is 9.69 Å². The van der Waals surface area contributed by atoms with Crippen molar-refractivity contribution in [2.45, 2.75) is 39.3 Å². The van der Waals surface area contributed by atoms with Crippen LogP contribution in [0.25, 0.3) is 10.9 Å². The number of H-pyrrole nitrogens is 1. The minimum absolute atomic E-state index is 0.0606. The first-order valence-electron chi connectivity index (χ1n) is 7.94. The van der Waals surface area contributed by atoms with E-state index in [1.165, 1.54) is 0 Å². The van der Waals surface area contributed by atoms with Crippen LogP contribution in [0.15, 0.2) is 39.7 Å². The number of rotatable bonds is 4. The zero-order valence-corrected chi connectivity index (χ0v) is 14.5. The van der Waals surface area contributed by atoms with Gasteiger partial charge in [-0.1, -0.05) is 32.9 Å². The standard InChI is InChI=1S/C18H22N4O2/c1-18(2,3)14-9-19-16(24-14)11-22(4)10-15-20-13-8-6-5-7-12(13)17(23)21-15/h5-9H,10-11H2,1-4H3,(H,20,21,23). The van der Waals surface area contributed by atoms with E-state index in [0.29, 0.717) is 35.7 Å². The largest absolute Gasteiger partial charge is 0.444 e. The summed E-state index contributed by atoms with van der Waals surface area (Å²) in [4.78, 5) is 25.8. The van der Waals surface area contributed by atoms with Gasteiger partial charge in [0.05, 0.1) is 30.2 Å². The number of fused-ring (bicyclic) bond motifs is 1. The highest BCUT2D eigenvalue weighted by Gasteiger charge is 2.19. The summed E-state index contributed by atoms with van der Waals surface area (Å²) >= 11 is 0. The van der Waals surface area contributed by atoms with E-state index in [0.717, 1.165) is 5.76 Å². The topological polar surface area (TPSA) is 75.0 Å². The minimum atomic E-state index is -0.116. The number of nitrogens with one attached hydrogen (secondary N) is 1. The summed E-state index contributed by atoms with van der Waals surface area (Å²) < 4.78 is 5.81. The molecule has 2 aromatic heterocycles. The molecule has 6 nitrogen and oxygen atoms in total. The van der Waals surface area contributed by atoms with Gasteiger partial charge in [-0.25, -0.2) is 9.97 Å². The fourth-order valence-corrected chi connectivity index (χ4v) is 2.48. The van der Waals surface area contributed by atoms with Crippen LogP contribution in [0.4, 0.5) is 0 Å². The quantitative estimate of drug-likeness (QED) is 0.798. The molecule has 2 heterocycles. The van der Waals surface area contributed by atoms with E-state index in [2.05, 4.69) is 35.7 Å². The molecule has 0 amide bonds. The van der Waals surface area contributed by atoms with Gasteiger partial charge in [-0.05, 0) is 19.2 Å². The number of para-hydroxylation sites is 1. The SMILES string of the molecule is CN(Cc1nc2ccccc2c(=O)[nH]1)Cc1ncc(C(C)(C)C)o1. The van der Waals surface area contributed by atoms with Crippen LogP contribution in [-0.2, 0) is 18.5 Å². The molecule has 0 aliphatic heterocycles. The molecule has 126 valence electrons. The Morgan fingerprint density at radius 2 is 1.96 bits per heavy atom. The van der Waals surface area contributed by atoms with Crippen LogP contribution in [0.3, 0.4) is 0 Å². The second kappa shape index (κ2) is 6.20. The van der Waals surface area contributed by atoms with Crippen molar-refractivity contribution >= 4 is 10.9 Å². The molecule has 3 aromatic rings. The molecule has 0 aliphatic carbocycles. The molecular weight excluding hydrogens is 304 g/mol. The number of oxazole rings is 1. The van der Waals surface area contributed by atoms with Crippen molar-refractivity contribution in [3.63, 3.8) is 0 Å². The Bertz CT molecular complexity index is 905. The van der Waals surface area contributed by atoms with E-state index in [4.69, 9.17) is 4.42 Å². The zero-order chi connectivity index (χ0) is 17.3. The van der Waals surface area contributed by atoms with Crippen LogP contribution in [0, 0.1) is 0 Å². The van der Waals surface area contributed by atoms with Gasteiger partial charge in [-0.2, -0.15) is 0 Å². The van der Waals surface area contributed by atoms with Gasteiger partial charge >= 0.3 is 0 Å². The molecule has 0 saturated carbocycles. The van der Waals surface area contributed by atoms with Crippen LogP contribution in [0.2, 0.25) is 0 Å². The predicted octanol–water partition coefficient (Wildman–Crippen LogP) is 2.84. The second-order valence-electron chi connectivity index (χ2n) is 7.07. The van der Waals surface area contributed by atoms with Crippen LogP contribution < -0.4 is 5.56 Å². The van der Waals surface area contributed by atoms with E-state index >= 15 is 0 Å². The molecule has 3 rings (SSSR count). The van der Waals surface area contributed by atoms with Crippen molar-refractivity contribution < 1.29 is 4.42 Å². The van der Waals surface area contributed by atoms with Crippen molar-refractivity contribution in [2.75, 3.05) is 7.05 Å². The molecule has 0 radical (unpaired) electrons. The van der Waals surface area contributed by atoms with Crippen molar-refractivity contribution in [3.8, 4) is 0 Å². The molecule has 0 saturated heterocycles. The first-order valence-corrected chi connectivity index (χ1v) is 7.94. The monoisotopic (exact) mass is 326 g/mol. The van der Waals surface area contributed by atoms with Crippen molar-refractivity contribution in [1.29, 1.82) is 0 Å². The average molecular weight is 326 g/mol. The fourth-order valence-electron chi connectivity index (χ4n) is 2.48. The summed E-state index contributed by atoms with van der Waals surface area (Å²) in [7, 11) is 1.94. The molecule has 0 unspecified atom stereocenters. The molecule has 1 N–H and O–H groups in total. The number of hydrogen-bond donors (Lipinski definition) is 1. The van der Waals surface area contributed by atoms with Gasteiger partial charge in [0, 0.05) is 5.41 Å². The van der Waals surface area contributed by atoms with E-state index in [-0.39, 0.29) is 11.0 Å². The van der Waals surface area contributed by atoms with Crippen LogP contribution in [-0.4, -0.2) is 26.9 Å². The molecule has 0 aliphatic rings. The number of hydrogen-bond acceptors (Lipinski definition) is 5. The highest BCUT2D eigenvalue weighted by molar-refractivity contribution is 5.77. The second-order valence-corrected chi connectivity index (χ2v) is 7.07. The summed E-state index contributed by atoms with van der Waals surface area (Å²) in [5.74, 6) is 2.15. The highest BCUT2D eigenvalue weighted by Crippen LogP contribution is 2.23. The molecule has 0 fully saturated rings. The number of benzene rings is 1. The summed E-state index contributed by atoms with van der Waals surface area (Å²) in [6, 6.07) is 7.33. The summed E-state index contributed by atoms with van der Waals surface area (Å²) in [6.45, 7) is 7.32. The van der Waals surface area contributed by atoms with Gasteiger partial charge in [0.2, 0.25) is 5.89 Å². The molecule has 1 aromatic carbocycles. The lowest BCUT2D eigenvalue weighted by molar-refractivity contribution is 0.264. The Hall–Kier alpha value is -2.47. The third-order valence-electron chi connectivity index (χ3n) is 3.78. The molecule has 24 heavy (non-hydrogen) atoms. The molecule has 0 spiro atoms. The van der Waals surface area contributed by atoms with Crippen LogP contribution in [0.1, 0.15) is 38.2 Å². The molecule has 6 heteroatoms. The maximum absolute atomic E-state index is 12.1. The number of nitrogens with zero attached hydrogens (tertiary/aromatic N) is 3. The average Bonchev–Trinajstić information content (AvgIpc) is 2.95. The van der Waals surface area contributed by atoms with E-state index in [9.17, 15) is 4.79 Å². The number of aromatic nitrogens is 3. The normalized spacial score (nSPS) is 12.2. The number of aromatic amines is 1. The third-order valence-corrected chi connectivity index (χ3v) is 3.78. The maximum atomic E-state index is 12.1. The summed E-state index contributed by atoms with van der Waals surface area (Å²) in [6.07, 6.45) is 1.78. The lowest BCUT2D eigenvalue weighted by Crippen LogP contribution is -2.22. The maximum Gasteiger partial charge on any atom is 0.258 e. The smallest absolute Gasteiger partial charge is 0.258 e. The van der Waals surface area contributed by atoms with Crippen molar-refractivity contribution in [2.24, 2.45) is 0 Å². The van der Waals surface area contributed by atoms with E-state index < -0.39 is 0 Å². The van der Waals surface area contributed by atoms with Gasteiger partial charge in [-0.15, -0.1) is 0 Å². The molecule has 0 bridgehead atoms. The van der Waals surface area contributed by atoms with E-state index in [1.54, 1.807) is 12.3 Å². The van der Waals surface area contributed by atoms with Gasteiger partial charge < -0.3 is 9.40 Å². The zero-order valence-electron chi connectivity index (χ0n) is 14.5. The van der Waals surface area contributed by atoms with Crippen molar-refractivity contribution in [1.82, 2.24) is 19.9 Å². The lowest BCUT2D eigenvalue weighted by atomic mass is 9.94. The Morgan fingerprint density at radius 3 is 2.67 bits per heavy atom. The predicted molar refractivity (Wildman–Crippen MR) is 92.7 cm³/mol. The van der Waals surface area contributed by atoms with E-state index in [1.807, 2.05) is 30.1 Å². The Balaban J connectivity index is 1.74. The van der Waals surface area contributed by atoms with Crippen LogP contribution in [0.5, 0.6) is 0 Å². The van der Waals surface area contributed by atoms with Crippen molar-refractivity contribution in [3.05, 3.63) is 58.3 Å². The van der Waals surface area contributed by atoms with Gasteiger partial charge in [0.25, 0.3) is 5.56 Å². The highest BCUT2D eigenvalue weighted by atomic mass is 16.4. The van der Waals surface area contributed by atoms with Gasteiger partial charge in [0.15, 0.2) is 0 Å². The fraction of sp³-hybridized carbons (Fsp3) is 0.389. The molecular formula is C18H22N4O2. The lowest BCUT2D eigenvalue weighted by Gasteiger charge is -2.15.